The number of fused-ring (bicyclic) bond motifs is 1. The van der Waals surface area contributed by atoms with Crippen LogP contribution in [0.5, 0.6) is 0 Å². The highest BCUT2D eigenvalue weighted by molar-refractivity contribution is 7.99. The minimum atomic E-state index is 0.507. The lowest BCUT2D eigenvalue weighted by Crippen LogP contribution is -2.25. The first-order chi connectivity index (χ1) is 9.43. The van der Waals surface area contributed by atoms with Gasteiger partial charge in [-0.05, 0) is 36.8 Å². The Balaban J connectivity index is 1.51. The molecular formula is C14H18N4S. The van der Waals surface area contributed by atoms with E-state index < -0.39 is 0 Å². The van der Waals surface area contributed by atoms with E-state index in [0.29, 0.717) is 6.04 Å². The van der Waals surface area contributed by atoms with Gasteiger partial charge in [-0.1, -0.05) is 18.2 Å². The summed E-state index contributed by atoms with van der Waals surface area (Å²) in [6.07, 6.45) is 4.82. The minimum Gasteiger partial charge on any atom is -0.310 e. The highest BCUT2D eigenvalue weighted by Gasteiger charge is 2.19. The third-order valence-corrected chi connectivity index (χ3v) is 4.53. The van der Waals surface area contributed by atoms with Crippen molar-refractivity contribution in [3.63, 3.8) is 0 Å². The summed E-state index contributed by atoms with van der Waals surface area (Å²) in [6, 6.07) is 9.23. The topological polar surface area (TPSA) is 53.6 Å². The molecule has 0 saturated heterocycles. The third kappa shape index (κ3) is 3.16. The van der Waals surface area contributed by atoms with Gasteiger partial charge >= 0.3 is 0 Å². The first-order valence-electron chi connectivity index (χ1n) is 6.73. The van der Waals surface area contributed by atoms with Crippen LogP contribution in [0.4, 0.5) is 0 Å². The third-order valence-electron chi connectivity index (χ3n) is 3.40. The Bertz CT molecular complexity index is 512. The average Bonchev–Trinajstić information content (AvgIpc) is 2.97. The van der Waals surface area contributed by atoms with Gasteiger partial charge in [-0.15, -0.1) is 11.8 Å². The second-order valence-corrected chi connectivity index (χ2v) is 5.85. The molecule has 5 heteroatoms. The summed E-state index contributed by atoms with van der Waals surface area (Å²) in [5.41, 5.74) is 1.46. The Morgan fingerprint density at radius 3 is 3.21 bits per heavy atom. The van der Waals surface area contributed by atoms with E-state index in [0.717, 1.165) is 25.2 Å². The van der Waals surface area contributed by atoms with Crippen molar-refractivity contribution >= 4 is 11.8 Å². The molecule has 4 nitrogen and oxygen atoms in total. The summed E-state index contributed by atoms with van der Waals surface area (Å²) >= 11 is 1.97. The number of aromatic nitrogens is 3. The van der Waals surface area contributed by atoms with Crippen molar-refractivity contribution in [2.24, 2.45) is 0 Å². The number of H-pyrrole nitrogens is 1. The van der Waals surface area contributed by atoms with Crippen LogP contribution in [-0.4, -0.2) is 27.5 Å². The van der Waals surface area contributed by atoms with Crippen LogP contribution in [0.1, 0.15) is 30.3 Å². The van der Waals surface area contributed by atoms with E-state index in [-0.39, 0.29) is 0 Å². The van der Waals surface area contributed by atoms with Crippen LogP contribution in [0.2, 0.25) is 0 Å². The number of nitrogens with zero attached hydrogens (tertiary/aromatic N) is 2. The first-order valence-corrected chi connectivity index (χ1v) is 7.71. The van der Waals surface area contributed by atoms with Crippen LogP contribution in [0.25, 0.3) is 0 Å². The molecule has 1 aliphatic rings. The van der Waals surface area contributed by atoms with Crippen LogP contribution in [0.3, 0.4) is 0 Å². The van der Waals surface area contributed by atoms with Crippen LogP contribution >= 0.6 is 11.8 Å². The van der Waals surface area contributed by atoms with E-state index in [1.807, 2.05) is 11.8 Å². The summed E-state index contributed by atoms with van der Waals surface area (Å²) in [7, 11) is 0. The quantitative estimate of drug-likeness (QED) is 0.823. The molecule has 0 spiro atoms. The molecule has 0 amide bonds. The second-order valence-electron chi connectivity index (χ2n) is 4.72. The number of aromatic amines is 1. The van der Waals surface area contributed by atoms with Gasteiger partial charge in [0.1, 0.15) is 12.2 Å². The zero-order valence-corrected chi connectivity index (χ0v) is 11.6. The predicted molar refractivity (Wildman–Crippen MR) is 77.2 cm³/mol. The fourth-order valence-corrected chi connectivity index (χ4v) is 3.56. The van der Waals surface area contributed by atoms with Gasteiger partial charge in [0, 0.05) is 17.4 Å². The van der Waals surface area contributed by atoms with Gasteiger partial charge in [-0.2, -0.15) is 5.10 Å². The maximum absolute atomic E-state index is 4.14. The van der Waals surface area contributed by atoms with E-state index in [9.17, 15) is 0 Å². The van der Waals surface area contributed by atoms with Crippen molar-refractivity contribution < 1.29 is 0 Å². The summed E-state index contributed by atoms with van der Waals surface area (Å²) in [5.74, 6) is 2.18. The van der Waals surface area contributed by atoms with Crippen molar-refractivity contribution in [2.75, 3.05) is 12.3 Å². The highest BCUT2D eigenvalue weighted by Crippen LogP contribution is 2.35. The lowest BCUT2D eigenvalue weighted by atomic mass is 10.0. The fraction of sp³-hybridized carbons (Fsp3) is 0.429. The Labute approximate surface area is 117 Å². The molecular weight excluding hydrogens is 256 g/mol. The minimum absolute atomic E-state index is 0.507. The van der Waals surface area contributed by atoms with Crippen molar-refractivity contribution in [1.82, 2.24) is 20.5 Å². The van der Waals surface area contributed by atoms with Gasteiger partial charge in [0.05, 0.1) is 0 Å². The molecule has 2 heterocycles. The summed E-state index contributed by atoms with van der Waals surface area (Å²) in [6.45, 7) is 1.02. The normalized spacial score (nSPS) is 18.2. The molecule has 1 unspecified atom stereocenters. The van der Waals surface area contributed by atoms with E-state index in [4.69, 9.17) is 0 Å². The Kier molecular flexibility index (Phi) is 4.15. The maximum atomic E-state index is 4.14. The van der Waals surface area contributed by atoms with E-state index in [1.165, 1.54) is 22.6 Å². The Morgan fingerprint density at radius 1 is 1.37 bits per heavy atom. The maximum Gasteiger partial charge on any atom is 0.137 e. The van der Waals surface area contributed by atoms with Crippen molar-refractivity contribution in [3.05, 3.63) is 42.0 Å². The summed E-state index contributed by atoms with van der Waals surface area (Å²) in [5, 5.41) is 10.4. The molecule has 1 aromatic heterocycles. The number of aryl methyl sites for hydroxylation is 1. The number of nitrogens with one attached hydrogen (secondary N) is 2. The molecule has 2 N–H and O–H groups in total. The molecule has 1 atom stereocenters. The van der Waals surface area contributed by atoms with Crippen molar-refractivity contribution in [3.8, 4) is 0 Å². The SMILES string of the molecule is c1ccc2c(c1)SCCC2NCCCc1ncn[nH]1. The lowest BCUT2D eigenvalue weighted by molar-refractivity contribution is 0.500. The molecule has 100 valence electrons. The van der Waals surface area contributed by atoms with Crippen LogP contribution in [0, 0.1) is 0 Å². The van der Waals surface area contributed by atoms with Gasteiger partial charge in [0.2, 0.25) is 0 Å². The zero-order chi connectivity index (χ0) is 12.9. The molecule has 2 aromatic rings. The monoisotopic (exact) mass is 274 g/mol. The molecule has 0 aliphatic carbocycles. The summed E-state index contributed by atoms with van der Waals surface area (Å²) in [4.78, 5) is 5.57. The summed E-state index contributed by atoms with van der Waals surface area (Å²) < 4.78 is 0. The van der Waals surface area contributed by atoms with Gasteiger partial charge in [-0.3, -0.25) is 5.10 Å². The lowest BCUT2D eigenvalue weighted by Gasteiger charge is -2.25. The predicted octanol–water partition coefficient (Wildman–Crippen LogP) is 2.56. The number of thioether (sulfide) groups is 1. The van der Waals surface area contributed by atoms with Crippen LogP contribution in [0.15, 0.2) is 35.5 Å². The standard InChI is InChI=1S/C14H18N4S/c1-2-5-13-11(4-1)12(7-9-19-13)15-8-3-6-14-16-10-17-18-14/h1-2,4-5,10,12,15H,3,6-9H2,(H,16,17,18). The van der Waals surface area contributed by atoms with E-state index in [2.05, 4.69) is 44.8 Å². The van der Waals surface area contributed by atoms with Crippen molar-refractivity contribution in [1.29, 1.82) is 0 Å². The van der Waals surface area contributed by atoms with Crippen LogP contribution in [-0.2, 0) is 6.42 Å². The fourth-order valence-electron chi connectivity index (χ4n) is 2.44. The molecule has 0 bridgehead atoms. The number of hydrogen-bond donors (Lipinski definition) is 2. The Hall–Kier alpha value is -1.33. The average molecular weight is 274 g/mol. The van der Waals surface area contributed by atoms with Gasteiger partial charge < -0.3 is 5.32 Å². The number of hydrogen-bond acceptors (Lipinski definition) is 4. The largest absolute Gasteiger partial charge is 0.310 e. The first kappa shape index (κ1) is 12.7. The zero-order valence-electron chi connectivity index (χ0n) is 10.8. The molecule has 3 rings (SSSR count). The smallest absolute Gasteiger partial charge is 0.137 e. The molecule has 0 radical (unpaired) electrons. The van der Waals surface area contributed by atoms with Gasteiger partial charge in [0.15, 0.2) is 0 Å². The van der Waals surface area contributed by atoms with Crippen LogP contribution < -0.4 is 5.32 Å². The molecule has 0 saturated carbocycles. The molecule has 0 fully saturated rings. The molecule has 19 heavy (non-hydrogen) atoms. The highest BCUT2D eigenvalue weighted by atomic mass is 32.2. The van der Waals surface area contributed by atoms with Crippen molar-refractivity contribution in [2.45, 2.75) is 30.2 Å². The number of benzene rings is 1. The van der Waals surface area contributed by atoms with E-state index >= 15 is 0 Å². The molecule has 1 aliphatic heterocycles. The molecule has 1 aromatic carbocycles. The Morgan fingerprint density at radius 2 is 2.32 bits per heavy atom. The number of rotatable bonds is 5. The van der Waals surface area contributed by atoms with Gasteiger partial charge in [-0.25, -0.2) is 4.98 Å². The van der Waals surface area contributed by atoms with Gasteiger partial charge in [0.25, 0.3) is 0 Å². The van der Waals surface area contributed by atoms with E-state index in [1.54, 1.807) is 6.33 Å². The second kappa shape index (κ2) is 6.21.